The van der Waals surface area contributed by atoms with Gasteiger partial charge in [0, 0.05) is 54.4 Å². The number of benzene rings is 3. The fourth-order valence-electron chi connectivity index (χ4n) is 4.66. The number of piperazine rings is 1. The molecule has 176 valence electrons. The van der Waals surface area contributed by atoms with E-state index in [4.69, 9.17) is 21.1 Å². The first-order valence-corrected chi connectivity index (χ1v) is 12.2. The number of hydrogen-bond acceptors (Lipinski definition) is 4. The van der Waals surface area contributed by atoms with E-state index in [1.54, 1.807) is 7.11 Å². The number of aryl methyl sites for hydroxylation is 1. The summed E-state index contributed by atoms with van der Waals surface area (Å²) in [4.78, 5) is 8.34. The molecular weight excluding hydrogens is 446 g/mol. The van der Waals surface area contributed by atoms with Gasteiger partial charge in [0.15, 0.2) is 5.75 Å². The predicted molar refractivity (Wildman–Crippen MR) is 140 cm³/mol. The number of H-pyrrole nitrogens is 1. The van der Waals surface area contributed by atoms with Gasteiger partial charge in [-0.3, -0.25) is 4.90 Å². The summed E-state index contributed by atoms with van der Waals surface area (Å²) in [6.45, 7) is 5.17. The third-order valence-corrected chi connectivity index (χ3v) is 6.73. The zero-order valence-corrected chi connectivity index (χ0v) is 20.2. The number of para-hydroxylation sites is 2. The van der Waals surface area contributed by atoms with Crippen molar-refractivity contribution >= 4 is 28.2 Å². The summed E-state index contributed by atoms with van der Waals surface area (Å²) in [7, 11) is 1.67. The van der Waals surface area contributed by atoms with Crippen LogP contribution in [-0.4, -0.2) is 49.7 Å². The molecule has 34 heavy (non-hydrogen) atoms. The molecule has 4 aromatic rings. The van der Waals surface area contributed by atoms with E-state index in [0.717, 1.165) is 79.0 Å². The monoisotopic (exact) mass is 475 g/mol. The third-order valence-electron chi connectivity index (χ3n) is 6.50. The number of rotatable bonds is 8. The molecule has 1 aliphatic rings. The molecule has 5 nitrogen and oxygen atoms in total. The van der Waals surface area contributed by atoms with E-state index in [2.05, 4.69) is 45.2 Å². The van der Waals surface area contributed by atoms with Crippen LogP contribution in [0.15, 0.2) is 72.9 Å². The summed E-state index contributed by atoms with van der Waals surface area (Å²) >= 11 is 6.20. The van der Waals surface area contributed by atoms with E-state index in [1.165, 1.54) is 10.9 Å². The van der Waals surface area contributed by atoms with Gasteiger partial charge in [-0.2, -0.15) is 0 Å². The summed E-state index contributed by atoms with van der Waals surface area (Å²) in [6, 6.07) is 22.1. The van der Waals surface area contributed by atoms with Crippen LogP contribution in [-0.2, 0) is 6.42 Å². The standard InChI is InChI=1S/C28H30ClN3O2/c1-33-23-7-4-8-24(19-23)34-28-10-3-2-9-27(28)32-16-14-31(15-17-32)13-5-6-21-20-30-26-12-11-22(29)18-25(21)26/h2-4,7-12,18-20,30H,5-6,13-17H2,1H3. The number of methoxy groups -OCH3 is 1. The van der Waals surface area contributed by atoms with Gasteiger partial charge in [-0.25, -0.2) is 0 Å². The lowest BCUT2D eigenvalue weighted by Gasteiger charge is -2.36. The SMILES string of the molecule is COc1cccc(Oc2ccccc2N2CCN(CCCc3c[nH]c4ccc(Cl)cc34)CC2)c1. The Balaban J connectivity index is 1.16. The highest BCUT2D eigenvalue weighted by atomic mass is 35.5. The predicted octanol–water partition coefficient (Wildman–Crippen LogP) is 6.38. The number of nitrogens with one attached hydrogen (secondary N) is 1. The minimum absolute atomic E-state index is 0.781. The maximum Gasteiger partial charge on any atom is 0.150 e. The second-order valence-corrected chi connectivity index (χ2v) is 9.12. The molecule has 5 rings (SSSR count). The van der Waals surface area contributed by atoms with Gasteiger partial charge in [0.1, 0.15) is 11.5 Å². The largest absolute Gasteiger partial charge is 0.497 e. The van der Waals surface area contributed by atoms with Crippen LogP contribution in [0.25, 0.3) is 10.9 Å². The number of fused-ring (bicyclic) bond motifs is 1. The average Bonchev–Trinajstić information content (AvgIpc) is 3.27. The Bertz CT molecular complexity index is 1250. The average molecular weight is 476 g/mol. The summed E-state index contributed by atoms with van der Waals surface area (Å²) in [5, 5.41) is 2.03. The van der Waals surface area contributed by atoms with Crippen LogP contribution in [0.4, 0.5) is 5.69 Å². The zero-order chi connectivity index (χ0) is 23.3. The van der Waals surface area contributed by atoms with Gasteiger partial charge in [-0.05, 0) is 67.4 Å². The van der Waals surface area contributed by atoms with Crippen molar-refractivity contribution in [2.75, 3.05) is 44.7 Å². The first kappa shape index (κ1) is 22.6. The summed E-state index contributed by atoms with van der Waals surface area (Å²) in [5.74, 6) is 2.45. The van der Waals surface area contributed by atoms with Crippen LogP contribution in [0.1, 0.15) is 12.0 Å². The van der Waals surface area contributed by atoms with Gasteiger partial charge < -0.3 is 19.4 Å². The number of halogens is 1. The third kappa shape index (κ3) is 5.16. The lowest BCUT2D eigenvalue weighted by atomic mass is 10.1. The van der Waals surface area contributed by atoms with E-state index in [9.17, 15) is 0 Å². The zero-order valence-electron chi connectivity index (χ0n) is 19.5. The van der Waals surface area contributed by atoms with Crippen molar-refractivity contribution in [3.63, 3.8) is 0 Å². The lowest BCUT2D eigenvalue weighted by Crippen LogP contribution is -2.46. The fraction of sp³-hybridized carbons (Fsp3) is 0.286. The maximum atomic E-state index is 6.23. The molecule has 0 atom stereocenters. The number of aromatic nitrogens is 1. The molecule has 6 heteroatoms. The second-order valence-electron chi connectivity index (χ2n) is 8.68. The second kappa shape index (κ2) is 10.4. The Labute approximate surface area is 205 Å². The normalized spacial score (nSPS) is 14.5. The van der Waals surface area contributed by atoms with Gasteiger partial charge >= 0.3 is 0 Å². The molecule has 1 aromatic heterocycles. The smallest absolute Gasteiger partial charge is 0.150 e. The van der Waals surface area contributed by atoms with Crippen molar-refractivity contribution in [3.8, 4) is 17.2 Å². The molecule has 0 bridgehead atoms. The van der Waals surface area contributed by atoms with Crippen molar-refractivity contribution in [1.29, 1.82) is 0 Å². The first-order chi connectivity index (χ1) is 16.7. The van der Waals surface area contributed by atoms with Gasteiger partial charge in [-0.1, -0.05) is 29.8 Å². The molecule has 2 heterocycles. The molecule has 3 aromatic carbocycles. The summed E-state index contributed by atoms with van der Waals surface area (Å²) < 4.78 is 11.6. The van der Waals surface area contributed by atoms with Crippen molar-refractivity contribution in [2.45, 2.75) is 12.8 Å². The molecule has 0 amide bonds. The summed E-state index contributed by atoms with van der Waals surface area (Å²) in [5.41, 5.74) is 3.64. The van der Waals surface area contributed by atoms with Crippen LogP contribution in [0.2, 0.25) is 5.02 Å². The molecule has 1 fully saturated rings. The number of hydrogen-bond donors (Lipinski definition) is 1. The van der Waals surface area contributed by atoms with E-state index in [0.29, 0.717) is 0 Å². The Hall–Kier alpha value is -3.15. The maximum absolute atomic E-state index is 6.23. The first-order valence-electron chi connectivity index (χ1n) is 11.8. The van der Waals surface area contributed by atoms with E-state index < -0.39 is 0 Å². The Morgan fingerprint density at radius 2 is 1.74 bits per heavy atom. The van der Waals surface area contributed by atoms with Crippen LogP contribution in [0.3, 0.4) is 0 Å². The lowest BCUT2D eigenvalue weighted by molar-refractivity contribution is 0.254. The molecule has 1 N–H and O–H groups in total. The molecule has 1 saturated heterocycles. The van der Waals surface area contributed by atoms with Crippen LogP contribution in [0.5, 0.6) is 17.2 Å². The highest BCUT2D eigenvalue weighted by Crippen LogP contribution is 2.34. The molecule has 0 spiro atoms. The minimum atomic E-state index is 0.781. The number of anilines is 1. The quantitative estimate of drug-likeness (QED) is 0.321. The van der Waals surface area contributed by atoms with E-state index >= 15 is 0 Å². The van der Waals surface area contributed by atoms with E-state index in [-0.39, 0.29) is 0 Å². The van der Waals surface area contributed by atoms with Crippen molar-refractivity contribution < 1.29 is 9.47 Å². The van der Waals surface area contributed by atoms with Gasteiger partial charge in [-0.15, -0.1) is 0 Å². The number of ether oxygens (including phenoxy) is 2. The molecule has 0 aliphatic carbocycles. The Morgan fingerprint density at radius 3 is 2.59 bits per heavy atom. The summed E-state index contributed by atoms with van der Waals surface area (Å²) in [6.07, 6.45) is 4.31. The van der Waals surface area contributed by atoms with Crippen LogP contribution >= 0.6 is 11.6 Å². The number of aromatic amines is 1. The Kier molecular flexibility index (Phi) is 6.93. The highest BCUT2D eigenvalue weighted by molar-refractivity contribution is 6.31. The molecule has 1 aliphatic heterocycles. The van der Waals surface area contributed by atoms with Crippen molar-refractivity contribution in [1.82, 2.24) is 9.88 Å². The minimum Gasteiger partial charge on any atom is -0.497 e. The van der Waals surface area contributed by atoms with E-state index in [1.807, 2.05) is 42.5 Å². The molecule has 0 saturated carbocycles. The van der Waals surface area contributed by atoms with Crippen LogP contribution < -0.4 is 14.4 Å². The number of nitrogens with zero attached hydrogens (tertiary/aromatic N) is 2. The molecule has 0 unspecified atom stereocenters. The van der Waals surface area contributed by atoms with Crippen LogP contribution in [0, 0.1) is 0 Å². The van der Waals surface area contributed by atoms with Gasteiger partial charge in [0.25, 0.3) is 0 Å². The molecular formula is C28H30ClN3O2. The Morgan fingerprint density at radius 1 is 0.912 bits per heavy atom. The van der Waals surface area contributed by atoms with Crippen molar-refractivity contribution in [3.05, 3.63) is 83.5 Å². The van der Waals surface area contributed by atoms with Crippen molar-refractivity contribution in [2.24, 2.45) is 0 Å². The highest BCUT2D eigenvalue weighted by Gasteiger charge is 2.20. The van der Waals surface area contributed by atoms with Gasteiger partial charge in [0.2, 0.25) is 0 Å². The topological polar surface area (TPSA) is 40.7 Å². The fourth-order valence-corrected chi connectivity index (χ4v) is 4.83. The van der Waals surface area contributed by atoms with Gasteiger partial charge in [0.05, 0.1) is 12.8 Å². The molecule has 0 radical (unpaired) electrons.